The van der Waals surface area contributed by atoms with Crippen LogP contribution in [0.3, 0.4) is 0 Å². The van der Waals surface area contributed by atoms with Crippen molar-refractivity contribution in [2.75, 3.05) is 7.11 Å². The van der Waals surface area contributed by atoms with E-state index in [0.717, 1.165) is 12.2 Å². The average molecular weight is 190 g/mol. The minimum absolute atomic E-state index is 0.327. The van der Waals surface area contributed by atoms with Crippen molar-refractivity contribution in [3.05, 3.63) is 28.8 Å². The third kappa shape index (κ3) is 1.23. The molecule has 1 aliphatic rings. The molecule has 0 aliphatic heterocycles. The molecule has 1 aliphatic carbocycles. The molecule has 0 saturated carbocycles. The molecule has 0 spiro atoms. The minimum Gasteiger partial charge on any atom is -0.496 e. The van der Waals surface area contributed by atoms with Crippen molar-refractivity contribution < 1.29 is 4.74 Å². The molecule has 0 radical (unpaired) electrons. The lowest BCUT2D eigenvalue weighted by Gasteiger charge is -2.21. The standard InChI is InChI=1S/C13H18O/c1-9-5-6-11(14-4)10-7-8-13(2,3)12(9)10/h5-6H,7-8H2,1-4H3. The molecule has 76 valence electrons. The van der Waals surface area contributed by atoms with Crippen molar-refractivity contribution in [3.8, 4) is 5.75 Å². The number of aryl methyl sites for hydroxylation is 1. The van der Waals surface area contributed by atoms with Crippen LogP contribution in [0.25, 0.3) is 0 Å². The molecule has 0 heterocycles. The number of hydrogen-bond donors (Lipinski definition) is 0. The van der Waals surface area contributed by atoms with Gasteiger partial charge >= 0.3 is 0 Å². The number of fused-ring (bicyclic) bond motifs is 1. The Kier molecular flexibility index (Phi) is 2.06. The molecule has 0 bridgehead atoms. The normalized spacial score (nSPS) is 18.0. The zero-order chi connectivity index (χ0) is 10.3. The summed E-state index contributed by atoms with van der Waals surface area (Å²) in [5.41, 5.74) is 4.67. The Labute approximate surface area is 86.1 Å². The van der Waals surface area contributed by atoms with E-state index in [-0.39, 0.29) is 0 Å². The summed E-state index contributed by atoms with van der Waals surface area (Å²) in [5.74, 6) is 1.07. The van der Waals surface area contributed by atoms with Crippen LogP contribution >= 0.6 is 0 Å². The van der Waals surface area contributed by atoms with Gasteiger partial charge in [-0.1, -0.05) is 19.9 Å². The first kappa shape index (κ1) is 9.57. The molecule has 0 amide bonds. The van der Waals surface area contributed by atoms with Gasteiger partial charge in [0.1, 0.15) is 5.75 Å². The van der Waals surface area contributed by atoms with Gasteiger partial charge in [0.05, 0.1) is 7.11 Å². The van der Waals surface area contributed by atoms with Gasteiger partial charge in [-0.3, -0.25) is 0 Å². The first-order valence-corrected chi connectivity index (χ1v) is 5.23. The molecule has 0 unspecified atom stereocenters. The Morgan fingerprint density at radius 2 is 2.00 bits per heavy atom. The fourth-order valence-electron chi connectivity index (χ4n) is 2.69. The van der Waals surface area contributed by atoms with Crippen LogP contribution in [-0.2, 0) is 11.8 Å². The van der Waals surface area contributed by atoms with Gasteiger partial charge in [-0.25, -0.2) is 0 Å². The topological polar surface area (TPSA) is 9.23 Å². The Morgan fingerprint density at radius 3 is 2.64 bits per heavy atom. The Hall–Kier alpha value is -0.980. The van der Waals surface area contributed by atoms with Crippen LogP contribution in [0.5, 0.6) is 5.75 Å². The summed E-state index contributed by atoms with van der Waals surface area (Å²) < 4.78 is 5.41. The zero-order valence-electron chi connectivity index (χ0n) is 9.48. The summed E-state index contributed by atoms with van der Waals surface area (Å²) in [6.45, 7) is 6.85. The molecule has 2 rings (SSSR count). The zero-order valence-corrected chi connectivity index (χ0v) is 9.48. The molecule has 1 aromatic rings. The highest BCUT2D eigenvalue weighted by molar-refractivity contribution is 5.51. The van der Waals surface area contributed by atoms with E-state index in [9.17, 15) is 0 Å². The van der Waals surface area contributed by atoms with Gasteiger partial charge in [0, 0.05) is 0 Å². The second-order valence-electron chi connectivity index (χ2n) is 4.82. The maximum Gasteiger partial charge on any atom is 0.122 e. The molecule has 0 N–H and O–H groups in total. The lowest BCUT2D eigenvalue weighted by atomic mass is 9.84. The molecular weight excluding hydrogens is 172 g/mol. The van der Waals surface area contributed by atoms with Gasteiger partial charge in [0.25, 0.3) is 0 Å². The average Bonchev–Trinajstić information content (AvgIpc) is 2.44. The summed E-state index contributed by atoms with van der Waals surface area (Å²) in [6, 6.07) is 4.26. The highest BCUT2D eigenvalue weighted by atomic mass is 16.5. The van der Waals surface area contributed by atoms with E-state index in [2.05, 4.69) is 32.9 Å². The smallest absolute Gasteiger partial charge is 0.122 e. The Morgan fingerprint density at radius 1 is 1.29 bits per heavy atom. The van der Waals surface area contributed by atoms with Gasteiger partial charge < -0.3 is 4.74 Å². The summed E-state index contributed by atoms with van der Waals surface area (Å²) in [4.78, 5) is 0. The Balaban J connectivity index is 2.65. The molecule has 14 heavy (non-hydrogen) atoms. The van der Waals surface area contributed by atoms with Crippen LogP contribution in [0.1, 0.15) is 37.0 Å². The maximum absolute atomic E-state index is 5.41. The van der Waals surface area contributed by atoms with Crippen molar-refractivity contribution in [3.63, 3.8) is 0 Å². The van der Waals surface area contributed by atoms with Crippen LogP contribution in [0.2, 0.25) is 0 Å². The SMILES string of the molecule is COc1ccc(C)c2c1CCC2(C)C. The number of ether oxygens (including phenoxy) is 1. The summed E-state index contributed by atoms with van der Waals surface area (Å²) in [7, 11) is 1.76. The molecule has 1 aromatic carbocycles. The predicted octanol–water partition coefficient (Wildman–Crippen LogP) is 3.23. The third-order valence-electron chi connectivity index (χ3n) is 3.37. The molecule has 1 heteroatoms. The van der Waals surface area contributed by atoms with Crippen molar-refractivity contribution in [2.24, 2.45) is 0 Å². The van der Waals surface area contributed by atoms with Crippen molar-refractivity contribution >= 4 is 0 Å². The van der Waals surface area contributed by atoms with Gasteiger partial charge in [0.2, 0.25) is 0 Å². The summed E-state index contributed by atoms with van der Waals surface area (Å²) in [5, 5.41) is 0. The molecule has 0 saturated heterocycles. The van der Waals surface area contributed by atoms with Crippen LogP contribution < -0.4 is 4.74 Å². The monoisotopic (exact) mass is 190 g/mol. The third-order valence-corrected chi connectivity index (χ3v) is 3.37. The van der Waals surface area contributed by atoms with E-state index < -0.39 is 0 Å². The van der Waals surface area contributed by atoms with Gasteiger partial charge in [-0.2, -0.15) is 0 Å². The van der Waals surface area contributed by atoms with E-state index in [1.54, 1.807) is 7.11 Å². The molecule has 0 fully saturated rings. The Bertz CT molecular complexity index is 364. The lowest BCUT2D eigenvalue weighted by Crippen LogP contribution is -2.13. The molecule has 0 atom stereocenters. The highest BCUT2D eigenvalue weighted by Gasteiger charge is 2.33. The lowest BCUT2D eigenvalue weighted by molar-refractivity contribution is 0.410. The predicted molar refractivity (Wildman–Crippen MR) is 59.1 cm³/mol. The van der Waals surface area contributed by atoms with E-state index in [4.69, 9.17) is 4.74 Å². The number of hydrogen-bond acceptors (Lipinski definition) is 1. The van der Waals surface area contributed by atoms with Crippen molar-refractivity contribution in [2.45, 2.75) is 39.0 Å². The van der Waals surface area contributed by atoms with Crippen molar-refractivity contribution in [1.82, 2.24) is 0 Å². The largest absolute Gasteiger partial charge is 0.496 e. The number of methoxy groups -OCH3 is 1. The van der Waals surface area contributed by atoms with E-state index >= 15 is 0 Å². The molecule has 1 nitrogen and oxygen atoms in total. The first-order chi connectivity index (χ1) is 6.56. The van der Waals surface area contributed by atoms with Crippen LogP contribution in [0.15, 0.2) is 12.1 Å². The first-order valence-electron chi connectivity index (χ1n) is 5.23. The van der Waals surface area contributed by atoms with Gasteiger partial charge in [0.15, 0.2) is 0 Å². The highest BCUT2D eigenvalue weighted by Crippen LogP contribution is 2.43. The van der Waals surface area contributed by atoms with Crippen molar-refractivity contribution in [1.29, 1.82) is 0 Å². The molecular formula is C13H18O. The van der Waals surface area contributed by atoms with E-state index in [1.165, 1.54) is 23.1 Å². The van der Waals surface area contributed by atoms with Gasteiger partial charge in [-0.05, 0) is 47.9 Å². The van der Waals surface area contributed by atoms with Gasteiger partial charge in [-0.15, -0.1) is 0 Å². The second-order valence-corrected chi connectivity index (χ2v) is 4.82. The summed E-state index contributed by atoms with van der Waals surface area (Å²) in [6.07, 6.45) is 2.40. The summed E-state index contributed by atoms with van der Waals surface area (Å²) >= 11 is 0. The molecule has 0 aromatic heterocycles. The maximum atomic E-state index is 5.41. The fourth-order valence-corrected chi connectivity index (χ4v) is 2.69. The van der Waals surface area contributed by atoms with E-state index in [0.29, 0.717) is 5.41 Å². The minimum atomic E-state index is 0.327. The number of rotatable bonds is 1. The quantitative estimate of drug-likeness (QED) is 0.660. The second kappa shape index (κ2) is 3.01. The number of benzene rings is 1. The van der Waals surface area contributed by atoms with Crippen LogP contribution in [-0.4, -0.2) is 7.11 Å². The fraction of sp³-hybridized carbons (Fsp3) is 0.538. The van der Waals surface area contributed by atoms with Crippen LogP contribution in [0.4, 0.5) is 0 Å². The van der Waals surface area contributed by atoms with E-state index in [1.807, 2.05) is 0 Å². The van der Waals surface area contributed by atoms with Crippen LogP contribution in [0, 0.1) is 6.92 Å².